The van der Waals surface area contributed by atoms with Crippen molar-refractivity contribution in [3.8, 4) is 0 Å². The summed E-state index contributed by atoms with van der Waals surface area (Å²) in [6, 6.07) is 11.6. The molecule has 0 aliphatic carbocycles. The van der Waals surface area contributed by atoms with E-state index in [0.717, 1.165) is 0 Å². The maximum Gasteiger partial charge on any atom is 0.427 e. The molecule has 0 heterocycles. The quantitative estimate of drug-likeness (QED) is 0.599. The summed E-state index contributed by atoms with van der Waals surface area (Å²) >= 11 is 11.9. The van der Waals surface area contributed by atoms with Crippen molar-refractivity contribution in [1.29, 1.82) is 0 Å². The van der Waals surface area contributed by atoms with Crippen LogP contribution in [-0.2, 0) is 4.74 Å². The van der Waals surface area contributed by atoms with E-state index in [1.165, 1.54) is 12.3 Å². The molecule has 0 aromatic heterocycles. The number of amides is 2. The van der Waals surface area contributed by atoms with E-state index in [1.54, 1.807) is 43.3 Å². The fourth-order valence-electron chi connectivity index (χ4n) is 1.89. The normalized spacial score (nSPS) is 10.5. The SMILES string of the molecule is CCOC(=O)N/N=C\c1cccc(NC(=O)c2ccc(Cl)cc2Cl)c1. The van der Waals surface area contributed by atoms with Crippen LogP contribution < -0.4 is 10.7 Å². The lowest BCUT2D eigenvalue weighted by Crippen LogP contribution is -2.18. The maximum absolute atomic E-state index is 12.3. The van der Waals surface area contributed by atoms with Gasteiger partial charge in [-0.15, -0.1) is 0 Å². The molecule has 0 spiro atoms. The summed E-state index contributed by atoms with van der Waals surface area (Å²) in [7, 11) is 0. The van der Waals surface area contributed by atoms with Gasteiger partial charge in [-0.1, -0.05) is 35.3 Å². The molecule has 2 rings (SSSR count). The van der Waals surface area contributed by atoms with E-state index < -0.39 is 6.09 Å². The highest BCUT2D eigenvalue weighted by Crippen LogP contribution is 2.22. The lowest BCUT2D eigenvalue weighted by molar-refractivity contribution is 0.102. The van der Waals surface area contributed by atoms with Crippen molar-refractivity contribution in [2.75, 3.05) is 11.9 Å². The van der Waals surface area contributed by atoms with Crippen LogP contribution in [0.1, 0.15) is 22.8 Å². The summed E-state index contributed by atoms with van der Waals surface area (Å²) in [5.74, 6) is -0.361. The van der Waals surface area contributed by atoms with Crippen LogP contribution in [-0.4, -0.2) is 24.8 Å². The molecule has 0 aliphatic heterocycles. The predicted molar refractivity (Wildman–Crippen MR) is 98.6 cm³/mol. The number of carbonyl (C=O) groups excluding carboxylic acids is 2. The van der Waals surface area contributed by atoms with Crippen molar-refractivity contribution in [3.63, 3.8) is 0 Å². The van der Waals surface area contributed by atoms with Gasteiger partial charge in [0.15, 0.2) is 0 Å². The van der Waals surface area contributed by atoms with Gasteiger partial charge in [-0.05, 0) is 42.8 Å². The molecule has 0 radical (unpaired) electrons. The van der Waals surface area contributed by atoms with E-state index in [-0.39, 0.29) is 17.5 Å². The van der Waals surface area contributed by atoms with Crippen molar-refractivity contribution in [2.24, 2.45) is 5.10 Å². The Morgan fingerprint density at radius 3 is 2.72 bits per heavy atom. The van der Waals surface area contributed by atoms with E-state index in [0.29, 0.717) is 21.8 Å². The largest absolute Gasteiger partial charge is 0.449 e. The molecule has 130 valence electrons. The van der Waals surface area contributed by atoms with Crippen LogP contribution in [0, 0.1) is 0 Å². The molecule has 2 aromatic carbocycles. The predicted octanol–water partition coefficient (Wildman–Crippen LogP) is 4.33. The first-order chi connectivity index (χ1) is 12.0. The second-order valence-electron chi connectivity index (χ2n) is 4.79. The van der Waals surface area contributed by atoms with Gasteiger partial charge in [0.1, 0.15) is 0 Å². The molecule has 0 unspecified atom stereocenters. The summed E-state index contributed by atoms with van der Waals surface area (Å²) in [5.41, 5.74) is 3.77. The maximum atomic E-state index is 12.3. The van der Waals surface area contributed by atoms with E-state index in [4.69, 9.17) is 23.2 Å². The number of nitrogens with zero attached hydrogens (tertiary/aromatic N) is 1. The zero-order valence-electron chi connectivity index (χ0n) is 13.3. The molecule has 0 bridgehead atoms. The van der Waals surface area contributed by atoms with Gasteiger partial charge in [-0.25, -0.2) is 10.2 Å². The van der Waals surface area contributed by atoms with Crippen LogP contribution in [0.3, 0.4) is 0 Å². The Hall–Kier alpha value is -2.57. The van der Waals surface area contributed by atoms with Gasteiger partial charge in [-0.2, -0.15) is 5.10 Å². The average molecular weight is 380 g/mol. The Balaban J connectivity index is 2.04. The van der Waals surface area contributed by atoms with E-state index in [9.17, 15) is 9.59 Å². The minimum absolute atomic E-state index is 0.260. The lowest BCUT2D eigenvalue weighted by Gasteiger charge is -2.07. The van der Waals surface area contributed by atoms with Gasteiger partial charge >= 0.3 is 6.09 Å². The van der Waals surface area contributed by atoms with Crippen LogP contribution in [0.15, 0.2) is 47.6 Å². The third kappa shape index (κ3) is 5.77. The van der Waals surface area contributed by atoms with E-state index >= 15 is 0 Å². The van der Waals surface area contributed by atoms with Crippen LogP contribution >= 0.6 is 23.2 Å². The number of nitrogens with one attached hydrogen (secondary N) is 2. The van der Waals surface area contributed by atoms with Crippen LogP contribution in [0.2, 0.25) is 10.0 Å². The second kappa shape index (κ2) is 9.05. The Labute approximate surface area is 154 Å². The molecule has 0 aliphatic rings. The molecular formula is C17H15Cl2N3O3. The average Bonchev–Trinajstić information content (AvgIpc) is 2.55. The highest BCUT2D eigenvalue weighted by Gasteiger charge is 2.11. The fourth-order valence-corrected chi connectivity index (χ4v) is 2.39. The zero-order chi connectivity index (χ0) is 18.2. The Morgan fingerprint density at radius 1 is 1.20 bits per heavy atom. The number of hydrazone groups is 1. The number of rotatable bonds is 5. The number of carbonyl (C=O) groups is 2. The van der Waals surface area contributed by atoms with E-state index in [2.05, 4.69) is 20.6 Å². The summed E-state index contributed by atoms with van der Waals surface area (Å²) in [6.45, 7) is 1.96. The third-order valence-corrected chi connectivity index (χ3v) is 3.51. The molecule has 2 aromatic rings. The first kappa shape index (κ1) is 18.8. The molecule has 2 N–H and O–H groups in total. The number of anilines is 1. The first-order valence-corrected chi connectivity index (χ1v) is 8.07. The number of ether oxygens (including phenoxy) is 1. The highest BCUT2D eigenvalue weighted by atomic mass is 35.5. The van der Waals surface area contributed by atoms with Crippen LogP contribution in [0.25, 0.3) is 0 Å². The molecule has 2 amide bonds. The van der Waals surface area contributed by atoms with Crippen molar-refractivity contribution in [1.82, 2.24) is 5.43 Å². The van der Waals surface area contributed by atoms with Crippen LogP contribution in [0.5, 0.6) is 0 Å². The van der Waals surface area contributed by atoms with Gasteiger partial charge in [0.25, 0.3) is 5.91 Å². The Kier molecular flexibility index (Phi) is 6.80. The minimum Gasteiger partial charge on any atom is -0.449 e. The van der Waals surface area contributed by atoms with Gasteiger partial charge < -0.3 is 10.1 Å². The number of halogens is 2. The molecular weight excluding hydrogens is 365 g/mol. The third-order valence-electron chi connectivity index (χ3n) is 2.97. The number of hydrogen-bond acceptors (Lipinski definition) is 4. The Bertz CT molecular complexity index is 809. The molecule has 8 heteroatoms. The van der Waals surface area contributed by atoms with E-state index in [1.807, 2.05) is 0 Å². The highest BCUT2D eigenvalue weighted by molar-refractivity contribution is 6.37. The van der Waals surface area contributed by atoms with Gasteiger partial charge in [0, 0.05) is 10.7 Å². The van der Waals surface area contributed by atoms with Crippen molar-refractivity contribution >= 4 is 47.1 Å². The van der Waals surface area contributed by atoms with Gasteiger partial charge in [0.2, 0.25) is 0 Å². The van der Waals surface area contributed by atoms with Crippen molar-refractivity contribution in [3.05, 3.63) is 63.6 Å². The number of benzene rings is 2. The molecule has 25 heavy (non-hydrogen) atoms. The van der Waals surface area contributed by atoms with Gasteiger partial charge in [0.05, 0.1) is 23.4 Å². The topological polar surface area (TPSA) is 79.8 Å². The van der Waals surface area contributed by atoms with Crippen LogP contribution in [0.4, 0.5) is 10.5 Å². The van der Waals surface area contributed by atoms with Gasteiger partial charge in [-0.3, -0.25) is 4.79 Å². The molecule has 0 atom stereocenters. The summed E-state index contributed by atoms with van der Waals surface area (Å²) in [4.78, 5) is 23.4. The molecule has 6 nitrogen and oxygen atoms in total. The van der Waals surface area contributed by atoms with Crippen molar-refractivity contribution < 1.29 is 14.3 Å². The lowest BCUT2D eigenvalue weighted by atomic mass is 10.2. The second-order valence-corrected chi connectivity index (χ2v) is 5.64. The summed E-state index contributed by atoms with van der Waals surface area (Å²) in [6.07, 6.45) is 0.794. The molecule has 0 saturated heterocycles. The fraction of sp³-hybridized carbons (Fsp3) is 0.118. The summed E-state index contributed by atoms with van der Waals surface area (Å²) in [5, 5.41) is 7.22. The first-order valence-electron chi connectivity index (χ1n) is 7.32. The smallest absolute Gasteiger partial charge is 0.427 e. The van der Waals surface area contributed by atoms with Crippen molar-refractivity contribution in [2.45, 2.75) is 6.92 Å². The standard InChI is InChI=1S/C17H15Cl2N3O3/c1-2-25-17(24)22-20-10-11-4-3-5-13(8-11)21-16(23)14-7-6-12(18)9-15(14)19/h3-10H,2H2,1H3,(H,21,23)(H,22,24)/b20-10-. The monoisotopic (exact) mass is 379 g/mol. The number of hydrogen-bond donors (Lipinski definition) is 2. The molecule has 0 fully saturated rings. The molecule has 0 saturated carbocycles. The minimum atomic E-state index is -0.638. The Morgan fingerprint density at radius 2 is 2.00 bits per heavy atom. The zero-order valence-corrected chi connectivity index (χ0v) is 14.8. The summed E-state index contributed by atoms with van der Waals surface area (Å²) < 4.78 is 4.68.